The zero-order valence-electron chi connectivity index (χ0n) is 20.4. The second-order valence-electron chi connectivity index (χ2n) is 8.96. The molecule has 0 aliphatic carbocycles. The van der Waals surface area contributed by atoms with Gasteiger partial charge in [0.25, 0.3) is 5.91 Å². The lowest BCUT2D eigenvalue weighted by Gasteiger charge is -2.30. The van der Waals surface area contributed by atoms with E-state index in [0.29, 0.717) is 18.7 Å². The first-order chi connectivity index (χ1) is 16.8. The van der Waals surface area contributed by atoms with E-state index < -0.39 is 0 Å². The normalized spacial score (nSPS) is 14.4. The minimum Gasteiger partial charge on any atom is -0.503 e. The molecule has 1 aliphatic heterocycles. The average molecular weight is 481 g/mol. The first-order valence-corrected chi connectivity index (χ1v) is 11.8. The summed E-state index contributed by atoms with van der Waals surface area (Å²) in [5.41, 5.74) is 4.31. The van der Waals surface area contributed by atoms with Gasteiger partial charge in [0.05, 0.1) is 18.7 Å². The Morgan fingerprint density at radius 1 is 1.29 bits per heavy atom. The maximum Gasteiger partial charge on any atom is 0.309 e. The second-order valence-corrected chi connectivity index (χ2v) is 8.96. The van der Waals surface area contributed by atoms with Gasteiger partial charge in [-0.15, -0.1) is 0 Å². The van der Waals surface area contributed by atoms with E-state index in [1.165, 1.54) is 5.01 Å². The van der Waals surface area contributed by atoms with Gasteiger partial charge >= 0.3 is 5.97 Å². The number of piperidine rings is 1. The maximum atomic E-state index is 12.9. The van der Waals surface area contributed by atoms with Crippen molar-refractivity contribution < 1.29 is 19.4 Å². The number of carbonyl (C=O) groups excluding carboxylic acids is 2. The number of nitrogens with zero attached hydrogens (tertiary/aromatic N) is 5. The molecule has 0 unspecified atom stereocenters. The lowest BCUT2D eigenvalue weighted by atomic mass is 9.96. The number of aromatic hydroxyl groups is 1. The molecule has 1 fully saturated rings. The van der Waals surface area contributed by atoms with Gasteiger partial charge in [-0.3, -0.25) is 24.9 Å². The second kappa shape index (κ2) is 12.1. The van der Waals surface area contributed by atoms with Crippen molar-refractivity contribution in [1.82, 2.24) is 20.3 Å². The third kappa shape index (κ3) is 7.13. The first-order valence-electron chi connectivity index (χ1n) is 11.8. The standard InChI is InChI=1S/C25H32N6O4/c1-4-35-25(34)20-9-11-30(12-10-20)16-18-5-7-19(8-6-18)24(33)29-31(15-17(2)3)23-21(32)14-27-22(13-26)28-23/h5-8,14,17,20,32H,4,9-12,15-16H2,1-3H3,(H,29,33). The number of nitrogens with one attached hydrogen (secondary N) is 1. The van der Waals surface area contributed by atoms with Crippen molar-refractivity contribution in [3.8, 4) is 11.8 Å². The molecule has 0 atom stereocenters. The Bertz CT molecular complexity index is 1060. The highest BCUT2D eigenvalue weighted by atomic mass is 16.5. The molecule has 1 amide bonds. The molecule has 0 bridgehead atoms. The summed E-state index contributed by atoms with van der Waals surface area (Å²) in [6, 6.07) is 9.17. The number of rotatable bonds is 9. The number of anilines is 1. The van der Waals surface area contributed by atoms with Crippen LogP contribution in [0.15, 0.2) is 30.5 Å². The number of hydrazine groups is 1. The Morgan fingerprint density at radius 2 is 1.97 bits per heavy atom. The minimum atomic E-state index is -0.357. The summed E-state index contributed by atoms with van der Waals surface area (Å²) in [5, 5.41) is 20.7. The molecule has 1 saturated heterocycles. The number of likely N-dealkylation sites (tertiary alicyclic amines) is 1. The highest BCUT2D eigenvalue weighted by Crippen LogP contribution is 2.24. The highest BCUT2D eigenvalue weighted by Gasteiger charge is 2.26. The molecule has 1 aliphatic rings. The monoisotopic (exact) mass is 480 g/mol. The molecule has 35 heavy (non-hydrogen) atoms. The van der Waals surface area contributed by atoms with Gasteiger partial charge in [0.1, 0.15) is 6.07 Å². The molecule has 3 rings (SSSR count). The molecule has 10 heteroatoms. The van der Waals surface area contributed by atoms with Gasteiger partial charge in [0.2, 0.25) is 5.82 Å². The topological polar surface area (TPSA) is 132 Å². The van der Waals surface area contributed by atoms with E-state index in [0.717, 1.165) is 44.2 Å². The molecule has 186 valence electrons. The Kier molecular flexibility index (Phi) is 8.98. The van der Waals surface area contributed by atoms with Crippen molar-refractivity contribution in [3.05, 3.63) is 47.4 Å². The van der Waals surface area contributed by atoms with Crippen molar-refractivity contribution in [3.63, 3.8) is 0 Å². The SMILES string of the molecule is CCOC(=O)C1CCN(Cc2ccc(C(=O)NN(CC(C)C)c3nc(C#N)ncc3O)cc2)CC1. The molecule has 0 spiro atoms. The van der Waals surface area contributed by atoms with Gasteiger partial charge in [0.15, 0.2) is 11.6 Å². The average Bonchev–Trinajstić information content (AvgIpc) is 2.84. The van der Waals surface area contributed by atoms with Crippen LogP contribution in [0, 0.1) is 23.2 Å². The quantitative estimate of drug-likeness (QED) is 0.410. The van der Waals surface area contributed by atoms with Crippen molar-refractivity contribution in [2.75, 3.05) is 31.3 Å². The smallest absolute Gasteiger partial charge is 0.309 e. The molecule has 0 saturated carbocycles. The largest absolute Gasteiger partial charge is 0.503 e. The van der Waals surface area contributed by atoms with Crippen molar-refractivity contribution >= 4 is 17.7 Å². The zero-order valence-corrected chi connectivity index (χ0v) is 20.4. The van der Waals surface area contributed by atoms with Crippen LogP contribution in [0.1, 0.15) is 55.4 Å². The number of hydrogen-bond donors (Lipinski definition) is 2. The summed E-state index contributed by atoms with van der Waals surface area (Å²) in [6.07, 6.45) is 2.72. The lowest BCUT2D eigenvalue weighted by molar-refractivity contribution is -0.149. The van der Waals surface area contributed by atoms with Crippen LogP contribution in [0.2, 0.25) is 0 Å². The van der Waals surface area contributed by atoms with Crippen molar-refractivity contribution in [2.45, 2.75) is 40.2 Å². The Morgan fingerprint density at radius 3 is 2.57 bits per heavy atom. The van der Waals surface area contributed by atoms with E-state index in [4.69, 9.17) is 10.00 Å². The fraction of sp³-hybridized carbons (Fsp3) is 0.480. The van der Waals surface area contributed by atoms with Crippen LogP contribution in [0.3, 0.4) is 0 Å². The lowest BCUT2D eigenvalue weighted by Crippen LogP contribution is -2.45. The third-order valence-electron chi connectivity index (χ3n) is 5.72. The molecule has 1 aromatic heterocycles. The molecular weight excluding hydrogens is 448 g/mol. The molecular formula is C25H32N6O4. The molecule has 2 aromatic rings. The summed E-state index contributed by atoms with van der Waals surface area (Å²) in [6.45, 7) is 8.92. The van der Waals surface area contributed by atoms with E-state index in [9.17, 15) is 14.7 Å². The van der Waals surface area contributed by atoms with Gasteiger partial charge < -0.3 is 9.84 Å². The number of carbonyl (C=O) groups is 2. The first kappa shape index (κ1) is 25.9. The summed E-state index contributed by atoms with van der Waals surface area (Å²) in [5.74, 6) is -0.600. The Hall–Kier alpha value is -3.71. The van der Waals surface area contributed by atoms with E-state index in [-0.39, 0.29) is 41.1 Å². The number of amides is 1. The summed E-state index contributed by atoms with van der Waals surface area (Å²) < 4.78 is 5.13. The summed E-state index contributed by atoms with van der Waals surface area (Å²) in [4.78, 5) is 34.9. The number of nitriles is 1. The van der Waals surface area contributed by atoms with Crippen LogP contribution in [-0.2, 0) is 16.1 Å². The van der Waals surface area contributed by atoms with Gasteiger partial charge in [-0.1, -0.05) is 26.0 Å². The van der Waals surface area contributed by atoms with Gasteiger partial charge in [-0.25, -0.2) is 4.98 Å². The number of aromatic nitrogens is 2. The van der Waals surface area contributed by atoms with Gasteiger partial charge in [-0.2, -0.15) is 10.2 Å². The van der Waals surface area contributed by atoms with Crippen LogP contribution in [0.4, 0.5) is 5.82 Å². The number of esters is 1. The van der Waals surface area contributed by atoms with Gasteiger partial charge in [-0.05, 0) is 56.5 Å². The number of hydrogen-bond acceptors (Lipinski definition) is 9. The predicted octanol–water partition coefficient (Wildman–Crippen LogP) is 2.64. The third-order valence-corrected chi connectivity index (χ3v) is 5.72. The number of ether oxygens (including phenoxy) is 1. The van der Waals surface area contributed by atoms with E-state index in [2.05, 4.69) is 20.3 Å². The summed E-state index contributed by atoms with van der Waals surface area (Å²) >= 11 is 0. The maximum absolute atomic E-state index is 12.9. The molecule has 1 aromatic carbocycles. The van der Waals surface area contributed by atoms with Crippen LogP contribution < -0.4 is 10.4 Å². The zero-order chi connectivity index (χ0) is 25.4. The molecule has 0 radical (unpaired) electrons. The molecule has 10 nitrogen and oxygen atoms in total. The fourth-order valence-electron chi connectivity index (χ4n) is 3.96. The van der Waals surface area contributed by atoms with Crippen molar-refractivity contribution in [1.29, 1.82) is 5.26 Å². The predicted molar refractivity (Wildman–Crippen MR) is 129 cm³/mol. The van der Waals surface area contributed by atoms with Gasteiger partial charge in [0, 0.05) is 18.7 Å². The minimum absolute atomic E-state index is 0.0235. The van der Waals surface area contributed by atoms with Crippen LogP contribution in [0.25, 0.3) is 0 Å². The van der Waals surface area contributed by atoms with Crippen molar-refractivity contribution in [2.24, 2.45) is 11.8 Å². The van der Waals surface area contributed by atoms with E-state index in [1.807, 2.05) is 39.0 Å². The van der Waals surface area contributed by atoms with Crippen LogP contribution in [0.5, 0.6) is 5.75 Å². The van der Waals surface area contributed by atoms with Crippen LogP contribution in [-0.4, -0.2) is 58.1 Å². The molecule has 2 heterocycles. The van der Waals surface area contributed by atoms with E-state index in [1.54, 1.807) is 12.1 Å². The highest BCUT2D eigenvalue weighted by molar-refractivity contribution is 5.95. The van der Waals surface area contributed by atoms with E-state index >= 15 is 0 Å². The Balaban J connectivity index is 1.62. The number of benzene rings is 1. The molecule has 2 N–H and O–H groups in total. The fourth-order valence-corrected chi connectivity index (χ4v) is 3.96. The summed E-state index contributed by atoms with van der Waals surface area (Å²) in [7, 11) is 0. The Labute approximate surface area is 205 Å². The van der Waals surface area contributed by atoms with Crippen LogP contribution >= 0.6 is 0 Å².